The van der Waals surface area contributed by atoms with Crippen LogP contribution in [0.1, 0.15) is 77.8 Å². The number of allylic oxidation sites excluding steroid dienone is 4. The zero-order valence-electron chi connectivity index (χ0n) is 29.4. The standard InChI is InChI=1S/C39H47BrO10/c1-7-21(2)33-24(5)15-16-38(50-33)19-28-18-27(49-38)12-11-23(4)32(41)22(3)9-8-10-26-20-45-35-34(48-37(43)30-13-14-31(40)47-30)25(6)17-29(36(42)46-28)39(26,35)44/h8-11,13-17,21-22,24,27-29,33-35,44H,7,12,18-20H2,1-6H3/b9-8+,23-11+,26-10+/t21-,22-,24-,27+,28-,29-,33+,34+,35+,38+,39+/m0/s1. The van der Waals surface area contributed by atoms with E-state index >= 15 is 0 Å². The predicted molar refractivity (Wildman–Crippen MR) is 187 cm³/mol. The van der Waals surface area contributed by atoms with Crippen molar-refractivity contribution in [1.29, 1.82) is 0 Å². The number of carbonyl (C=O) groups excluding carboxylic acids is 3. The van der Waals surface area contributed by atoms with Crippen LogP contribution in [0.25, 0.3) is 0 Å². The van der Waals surface area contributed by atoms with Crippen molar-refractivity contribution in [3.05, 3.63) is 81.8 Å². The Balaban J connectivity index is 1.38. The maximum absolute atomic E-state index is 14.3. The van der Waals surface area contributed by atoms with Crippen molar-refractivity contribution in [2.24, 2.45) is 23.7 Å². The molecule has 2 saturated heterocycles. The van der Waals surface area contributed by atoms with E-state index in [-0.39, 0.29) is 42.5 Å². The summed E-state index contributed by atoms with van der Waals surface area (Å²) in [6.45, 7) is 11.7. The molecule has 1 aromatic heterocycles. The zero-order valence-corrected chi connectivity index (χ0v) is 31.0. The summed E-state index contributed by atoms with van der Waals surface area (Å²) in [4.78, 5) is 40.8. The number of fused-ring (bicyclic) bond motifs is 2. The second-order valence-electron chi connectivity index (χ2n) is 14.5. The fourth-order valence-electron chi connectivity index (χ4n) is 7.78. The van der Waals surface area contributed by atoms with Gasteiger partial charge in [-0.25, -0.2) is 4.79 Å². The lowest BCUT2D eigenvalue weighted by Crippen LogP contribution is -2.59. The van der Waals surface area contributed by atoms with Gasteiger partial charge in [0.15, 0.2) is 22.3 Å². The molecule has 5 aliphatic rings. The number of halogens is 1. The van der Waals surface area contributed by atoms with Crippen LogP contribution in [-0.4, -0.2) is 71.3 Å². The highest BCUT2D eigenvalue weighted by Gasteiger charge is 2.61. The average molecular weight is 756 g/mol. The Labute approximate surface area is 301 Å². The molecule has 4 aliphatic heterocycles. The molecule has 11 heteroatoms. The summed E-state index contributed by atoms with van der Waals surface area (Å²) in [5.41, 5.74) is -0.391. The van der Waals surface area contributed by atoms with Gasteiger partial charge in [-0.3, -0.25) is 9.59 Å². The first kappa shape index (κ1) is 36.7. The third-order valence-corrected chi connectivity index (χ3v) is 11.3. The molecule has 270 valence electrons. The molecule has 2 fully saturated rings. The Bertz CT molecular complexity index is 1650. The van der Waals surface area contributed by atoms with Crippen molar-refractivity contribution in [3.63, 3.8) is 0 Å². The summed E-state index contributed by atoms with van der Waals surface area (Å²) >= 11 is 3.20. The van der Waals surface area contributed by atoms with Crippen LogP contribution >= 0.6 is 15.9 Å². The second kappa shape index (κ2) is 14.5. The van der Waals surface area contributed by atoms with E-state index < -0.39 is 59.6 Å². The van der Waals surface area contributed by atoms with Crippen LogP contribution in [0.2, 0.25) is 0 Å². The SMILES string of the molecule is CC[C@H](C)[C@H]1O[C@]2(C=C[C@@H]1C)C[C@@H]1C[C@@H](C/C=C(\C)C(=O)[C@@H](C)/C=C/C=C3\CO[C@@H]4[C@H](OC(=O)c5ccc(Br)o5)C(C)=C[C@@H](C(=O)O1)[C@]34O)O2. The highest BCUT2D eigenvalue weighted by atomic mass is 79.9. The molecule has 10 nitrogen and oxygen atoms in total. The van der Waals surface area contributed by atoms with Crippen molar-refractivity contribution < 1.29 is 47.6 Å². The van der Waals surface area contributed by atoms with Crippen LogP contribution in [0.15, 0.2) is 80.5 Å². The number of ketones is 1. The van der Waals surface area contributed by atoms with Crippen molar-refractivity contribution in [2.45, 2.75) is 109 Å². The van der Waals surface area contributed by atoms with Gasteiger partial charge in [0.1, 0.15) is 23.7 Å². The molecule has 1 spiro atoms. The fraction of sp³-hybridized carbons (Fsp3) is 0.564. The molecule has 0 radical (unpaired) electrons. The molecule has 5 heterocycles. The van der Waals surface area contributed by atoms with E-state index in [0.717, 1.165) is 6.42 Å². The van der Waals surface area contributed by atoms with Crippen LogP contribution < -0.4 is 0 Å². The third kappa shape index (κ3) is 7.04. The molecule has 2 bridgehead atoms. The maximum Gasteiger partial charge on any atom is 0.374 e. The Hall–Kier alpha value is -3.09. The van der Waals surface area contributed by atoms with E-state index in [4.69, 9.17) is 28.1 Å². The van der Waals surface area contributed by atoms with Gasteiger partial charge in [0.25, 0.3) is 0 Å². The molecular formula is C39H47BrO10. The van der Waals surface area contributed by atoms with Gasteiger partial charge >= 0.3 is 11.9 Å². The Morgan fingerprint density at radius 1 is 1.14 bits per heavy atom. The predicted octanol–water partition coefficient (Wildman–Crippen LogP) is 6.74. The number of Topliss-reactive ketones (excluding diaryl/α,β-unsaturated/α-hetero) is 1. The largest absolute Gasteiger partial charge is 0.462 e. The number of aliphatic hydroxyl groups is 1. The van der Waals surface area contributed by atoms with Crippen molar-refractivity contribution in [3.8, 4) is 0 Å². The summed E-state index contributed by atoms with van der Waals surface area (Å²) in [6, 6.07) is 3.06. The fourth-order valence-corrected chi connectivity index (χ4v) is 8.08. The van der Waals surface area contributed by atoms with E-state index in [1.165, 1.54) is 6.07 Å². The Morgan fingerprint density at radius 2 is 1.92 bits per heavy atom. The summed E-state index contributed by atoms with van der Waals surface area (Å²) in [6.07, 6.45) is 11.4. The lowest BCUT2D eigenvalue weighted by atomic mass is 9.70. The van der Waals surface area contributed by atoms with E-state index in [2.05, 4.69) is 42.8 Å². The molecule has 1 aliphatic carbocycles. The van der Waals surface area contributed by atoms with Gasteiger partial charge in [-0.05, 0) is 77.0 Å². The molecule has 11 atom stereocenters. The summed E-state index contributed by atoms with van der Waals surface area (Å²) in [5.74, 6) is -3.75. The minimum atomic E-state index is -1.92. The second-order valence-corrected chi connectivity index (χ2v) is 15.2. The highest BCUT2D eigenvalue weighted by molar-refractivity contribution is 9.10. The van der Waals surface area contributed by atoms with Gasteiger partial charge in [0.05, 0.1) is 18.8 Å². The number of hydrogen-bond acceptors (Lipinski definition) is 10. The number of rotatable bonds is 4. The molecule has 1 aromatic rings. The van der Waals surface area contributed by atoms with Gasteiger partial charge in [-0.2, -0.15) is 0 Å². The number of furan rings is 1. The molecule has 0 amide bonds. The van der Waals surface area contributed by atoms with Crippen molar-refractivity contribution in [1.82, 2.24) is 0 Å². The topological polar surface area (TPSA) is 131 Å². The number of esters is 2. The Kier molecular flexibility index (Phi) is 10.6. The summed E-state index contributed by atoms with van der Waals surface area (Å²) < 4.78 is 37.5. The number of ether oxygens (including phenoxy) is 5. The van der Waals surface area contributed by atoms with Crippen molar-refractivity contribution in [2.75, 3.05) is 6.61 Å². The molecule has 50 heavy (non-hydrogen) atoms. The molecule has 0 saturated carbocycles. The lowest BCUT2D eigenvalue weighted by molar-refractivity contribution is -0.300. The van der Waals surface area contributed by atoms with Crippen LogP contribution in [0, 0.1) is 23.7 Å². The average Bonchev–Trinajstić information content (AvgIpc) is 3.67. The third-order valence-electron chi connectivity index (χ3n) is 10.8. The first-order valence-corrected chi connectivity index (χ1v) is 18.4. The minimum Gasteiger partial charge on any atom is -0.462 e. The van der Waals surface area contributed by atoms with E-state index in [0.29, 0.717) is 34.2 Å². The zero-order chi connectivity index (χ0) is 36.0. The molecule has 0 aromatic carbocycles. The Morgan fingerprint density at radius 3 is 2.64 bits per heavy atom. The first-order valence-electron chi connectivity index (χ1n) is 17.6. The lowest BCUT2D eigenvalue weighted by Gasteiger charge is -2.48. The van der Waals surface area contributed by atoms with Gasteiger partial charge in [-0.15, -0.1) is 0 Å². The van der Waals surface area contributed by atoms with E-state index in [1.54, 1.807) is 44.2 Å². The molecule has 6 rings (SSSR count). The normalized spacial score (nSPS) is 40.8. The number of carbonyl (C=O) groups is 3. The quantitative estimate of drug-likeness (QED) is 0.261. The van der Waals surface area contributed by atoms with Gasteiger partial charge in [-0.1, -0.05) is 70.6 Å². The van der Waals surface area contributed by atoms with E-state index in [9.17, 15) is 19.5 Å². The smallest absolute Gasteiger partial charge is 0.374 e. The molecule has 0 unspecified atom stereocenters. The highest BCUT2D eigenvalue weighted by Crippen LogP contribution is 2.48. The van der Waals surface area contributed by atoms with Gasteiger partial charge in [0, 0.05) is 24.7 Å². The van der Waals surface area contributed by atoms with E-state index in [1.807, 2.05) is 19.1 Å². The summed E-state index contributed by atoms with van der Waals surface area (Å²) in [7, 11) is 0. The van der Waals surface area contributed by atoms with Crippen LogP contribution in [0.3, 0.4) is 0 Å². The molecule has 1 N–H and O–H groups in total. The molecular weight excluding hydrogens is 708 g/mol. The first-order chi connectivity index (χ1) is 23.7. The van der Waals surface area contributed by atoms with Crippen LogP contribution in [0.5, 0.6) is 0 Å². The number of hydrogen-bond donors (Lipinski definition) is 1. The van der Waals surface area contributed by atoms with Gasteiger partial charge in [0.2, 0.25) is 5.76 Å². The minimum absolute atomic E-state index is 0.0252. The maximum atomic E-state index is 14.3. The van der Waals surface area contributed by atoms with Crippen LogP contribution in [-0.2, 0) is 33.3 Å². The monoisotopic (exact) mass is 754 g/mol. The van der Waals surface area contributed by atoms with Gasteiger partial charge < -0.3 is 33.2 Å². The van der Waals surface area contributed by atoms with Crippen LogP contribution in [0.4, 0.5) is 0 Å². The van der Waals surface area contributed by atoms with Crippen molar-refractivity contribution >= 4 is 33.7 Å². The summed E-state index contributed by atoms with van der Waals surface area (Å²) in [5, 5.41) is 12.6.